The number of carbonyl (C=O) groups is 3. The van der Waals surface area contributed by atoms with Gasteiger partial charge in [0.25, 0.3) is 0 Å². The Labute approximate surface area is 235 Å². The molecule has 39 heavy (non-hydrogen) atoms. The van der Waals surface area contributed by atoms with E-state index in [0.29, 0.717) is 30.8 Å². The predicted molar refractivity (Wildman–Crippen MR) is 151 cm³/mol. The summed E-state index contributed by atoms with van der Waals surface area (Å²) in [5.74, 6) is -0.660. The van der Waals surface area contributed by atoms with Crippen molar-refractivity contribution in [1.29, 1.82) is 0 Å². The Morgan fingerprint density at radius 2 is 1.85 bits per heavy atom. The largest absolute Gasteiger partial charge is 0.440 e. The second-order valence-corrected chi connectivity index (χ2v) is 11.6. The number of carbonyl (C=O) groups excluding carboxylic acids is 3. The predicted octanol–water partition coefficient (Wildman–Crippen LogP) is 4.50. The van der Waals surface area contributed by atoms with Crippen molar-refractivity contribution in [3.63, 3.8) is 0 Å². The van der Waals surface area contributed by atoms with Crippen molar-refractivity contribution >= 4 is 29.5 Å². The fraction of sp³-hybridized carbons (Fsp3) is 0.500. The van der Waals surface area contributed by atoms with Crippen LogP contribution in [-0.4, -0.2) is 48.2 Å². The van der Waals surface area contributed by atoms with E-state index in [1.807, 2.05) is 76.2 Å². The third kappa shape index (κ3) is 8.44. The van der Waals surface area contributed by atoms with Crippen LogP contribution in [0.4, 0.5) is 4.79 Å². The molecule has 0 aliphatic carbocycles. The van der Waals surface area contributed by atoms with Gasteiger partial charge in [0.2, 0.25) is 11.8 Å². The van der Waals surface area contributed by atoms with Gasteiger partial charge in [-0.1, -0.05) is 81.8 Å². The van der Waals surface area contributed by atoms with E-state index in [9.17, 15) is 19.5 Å². The molecule has 2 aromatic rings. The maximum absolute atomic E-state index is 13.3. The normalized spacial score (nSPS) is 17.7. The van der Waals surface area contributed by atoms with Crippen molar-refractivity contribution in [2.75, 3.05) is 13.2 Å². The van der Waals surface area contributed by atoms with E-state index in [-0.39, 0.29) is 24.3 Å². The minimum Gasteiger partial charge on any atom is -0.440 e. The van der Waals surface area contributed by atoms with Gasteiger partial charge in [0, 0.05) is 22.9 Å². The molecule has 212 valence electrons. The number of ether oxygens (including phenoxy) is 1. The number of alkyl carbamates (subject to hydrolysis) is 1. The third-order valence-electron chi connectivity index (χ3n) is 7.17. The van der Waals surface area contributed by atoms with Crippen molar-refractivity contribution in [1.82, 2.24) is 16.0 Å². The maximum atomic E-state index is 13.3. The third-order valence-corrected chi connectivity index (χ3v) is 7.40. The Morgan fingerprint density at radius 1 is 1.13 bits per heavy atom. The zero-order chi connectivity index (χ0) is 28.6. The molecular formula is C30H40ClN3O5. The van der Waals surface area contributed by atoms with Crippen molar-refractivity contribution in [3.05, 3.63) is 70.7 Å². The molecular weight excluding hydrogens is 518 g/mol. The zero-order valence-corrected chi connectivity index (χ0v) is 23.8. The monoisotopic (exact) mass is 557 g/mol. The van der Waals surface area contributed by atoms with Crippen LogP contribution in [0.1, 0.15) is 64.2 Å². The molecule has 0 unspecified atom stereocenters. The molecule has 4 N–H and O–H groups in total. The quantitative estimate of drug-likeness (QED) is 0.306. The summed E-state index contributed by atoms with van der Waals surface area (Å²) in [4.78, 5) is 38.5. The SMILES string of the molecule is CC(C)C[C@H](NC(=O)O[C@H](c1ccccc1)C(C)(C)c1cccc(Cl)c1)C(=O)N[C@H](CO)C[C@@H]1CCNC1=O. The van der Waals surface area contributed by atoms with Gasteiger partial charge in [-0.3, -0.25) is 9.59 Å². The first-order chi connectivity index (χ1) is 18.5. The summed E-state index contributed by atoms with van der Waals surface area (Å²) in [5.41, 5.74) is 1.05. The molecule has 2 aromatic carbocycles. The van der Waals surface area contributed by atoms with Gasteiger partial charge in [-0.2, -0.15) is 0 Å². The first kappa shape index (κ1) is 30.4. The Kier molecular flexibility index (Phi) is 10.8. The van der Waals surface area contributed by atoms with Crippen LogP contribution in [0.15, 0.2) is 54.6 Å². The van der Waals surface area contributed by atoms with Crippen LogP contribution in [-0.2, 0) is 19.7 Å². The smallest absolute Gasteiger partial charge is 0.408 e. The highest BCUT2D eigenvalue weighted by molar-refractivity contribution is 6.30. The molecule has 3 rings (SSSR count). The number of hydrogen-bond donors (Lipinski definition) is 4. The molecule has 1 saturated heterocycles. The molecule has 0 radical (unpaired) electrons. The van der Waals surface area contributed by atoms with Gasteiger partial charge >= 0.3 is 6.09 Å². The summed E-state index contributed by atoms with van der Waals surface area (Å²) >= 11 is 6.27. The van der Waals surface area contributed by atoms with Gasteiger partial charge in [0.05, 0.1) is 12.6 Å². The number of halogens is 1. The summed E-state index contributed by atoms with van der Waals surface area (Å²) in [5, 5.41) is 18.8. The van der Waals surface area contributed by atoms with Crippen molar-refractivity contribution in [3.8, 4) is 0 Å². The van der Waals surface area contributed by atoms with Gasteiger partial charge in [0.15, 0.2) is 0 Å². The van der Waals surface area contributed by atoms with Crippen LogP contribution in [0, 0.1) is 11.8 Å². The lowest BCUT2D eigenvalue weighted by atomic mass is 9.76. The van der Waals surface area contributed by atoms with Crippen LogP contribution >= 0.6 is 11.6 Å². The molecule has 1 aliphatic heterocycles. The average Bonchev–Trinajstić information content (AvgIpc) is 3.30. The maximum Gasteiger partial charge on any atom is 0.408 e. The summed E-state index contributed by atoms with van der Waals surface area (Å²) in [6.07, 6.45) is -0.0383. The number of hydrogen-bond acceptors (Lipinski definition) is 5. The molecule has 0 saturated carbocycles. The fourth-order valence-electron chi connectivity index (χ4n) is 4.98. The first-order valence-electron chi connectivity index (χ1n) is 13.5. The number of aliphatic hydroxyl groups excluding tert-OH is 1. The summed E-state index contributed by atoms with van der Waals surface area (Å²) in [6.45, 7) is 8.15. The minimum absolute atomic E-state index is 0.0718. The molecule has 0 bridgehead atoms. The van der Waals surface area contributed by atoms with E-state index in [2.05, 4.69) is 16.0 Å². The standard InChI is InChI=1S/C30H40ClN3O5/c1-19(2)15-25(28(37)33-24(18-35)16-21-13-14-32-27(21)36)34-29(38)39-26(20-9-6-5-7-10-20)30(3,4)22-11-8-12-23(31)17-22/h5-12,17,19,21,24-26,35H,13-16,18H2,1-4H3,(H,32,36)(H,33,37)(H,34,38)/t21-,24-,25-,26+/m0/s1. The van der Waals surface area contributed by atoms with Crippen LogP contribution in [0.2, 0.25) is 5.02 Å². The van der Waals surface area contributed by atoms with E-state index in [4.69, 9.17) is 16.3 Å². The molecule has 0 spiro atoms. The van der Waals surface area contributed by atoms with E-state index in [0.717, 1.165) is 11.1 Å². The van der Waals surface area contributed by atoms with Gasteiger partial charge < -0.3 is 25.8 Å². The van der Waals surface area contributed by atoms with Crippen molar-refractivity contribution < 1.29 is 24.2 Å². The van der Waals surface area contributed by atoms with Gasteiger partial charge in [-0.25, -0.2) is 4.79 Å². The number of amides is 3. The van der Waals surface area contributed by atoms with E-state index in [1.54, 1.807) is 6.07 Å². The van der Waals surface area contributed by atoms with Gasteiger partial charge in [-0.15, -0.1) is 0 Å². The molecule has 9 heteroatoms. The molecule has 8 nitrogen and oxygen atoms in total. The van der Waals surface area contributed by atoms with Gasteiger partial charge in [0.1, 0.15) is 12.1 Å². The number of benzene rings is 2. The first-order valence-corrected chi connectivity index (χ1v) is 13.9. The average molecular weight is 558 g/mol. The Balaban J connectivity index is 1.77. The zero-order valence-electron chi connectivity index (χ0n) is 23.1. The van der Waals surface area contributed by atoms with Gasteiger partial charge in [-0.05, 0) is 48.4 Å². The topological polar surface area (TPSA) is 117 Å². The van der Waals surface area contributed by atoms with E-state index < -0.39 is 35.6 Å². The highest BCUT2D eigenvalue weighted by atomic mass is 35.5. The van der Waals surface area contributed by atoms with Crippen LogP contribution in [0.3, 0.4) is 0 Å². The molecule has 4 atom stereocenters. The molecule has 1 heterocycles. The van der Waals surface area contributed by atoms with Crippen molar-refractivity contribution in [2.45, 2.75) is 70.6 Å². The van der Waals surface area contributed by atoms with Crippen molar-refractivity contribution in [2.24, 2.45) is 11.8 Å². The number of nitrogens with one attached hydrogen (secondary N) is 3. The Hall–Kier alpha value is -3.10. The second kappa shape index (κ2) is 13.8. The molecule has 0 aromatic heterocycles. The number of aliphatic hydroxyl groups is 1. The van der Waals surface area contributed by atoms with Crippen LogP contribution < -0.4 is 16.0 Å². The fourth-order valence-corrected chi connectivity index (χ4v) is 5.17. The number of rotatable bonds is 12. The lowest BCUT2D eigenvalue weighted by Gasteiger charge is -2.35. The minimum atomic E-state index is -0.880. The lowest BCUT2D eigenvalue weighted by molar-refractivity contribution is -0.126. The van der Waals surface area contributed by atoms with E-state index >= 15 is 0 Å². The summed E-state index contributed by atoms with van der Waals surface area (Å²) in [7, 11) is 0. The summed E-state index contributed by atoms with van der Waals surface area (Å²) in [6, 6.07) is 15.4. The Morgan fingerprint density at radius 3 is 2.44 bits per heavy atom. The Bertz CT molecular complexity index is 1120. The van der Waals surface area contributed by atoms with Crippen LogP contribution in [0.5, 0.6) is 0 Å². The molecule has 1 fully saturated rings. The molecule has 3 amide bonds. The van der Waals surface area contributed by atoms with E-state index in [1.165, 1.54) is 0 Å². The highest BCUT2D eigenvalue weighted by Gasteiger charge is 2.37. The second-order valence-electron chi connectivity index (χ2n) is 11.2. The highest BCUT2D eigenvalue weighted by Crippen LogP contribution is 2.40. The lowest BCUT2D eigenvalue weighted by Crippen LogP contribution is -2.52. The van der Waals surface area contributed by atoms with Crippen LogP contribution in [0.25, 0.3) is 0 Å². The molecule has 1 aliphatic rings. The summed E-state index contributed by atoms with van der Waals surface area (Å²) < 4.78 is 6.04.